The zero-order valence-corrected chi connectivity index (χ0v) is 10.4. The van der Waals surface area contributed by atoms with Crippen molar-refractivity contribution in [2.45, 2.75) is 13.3 Å². The van der Waals surface area contributed by atoms with Gasteiger partial charge in [-0.1, -0.05) is 41.4 Å². The average Bonchev–Trinajstić information content (AvgIpc) is 2.29. The van der Waals surface area contributed by atoms with E-state index in [2.05, 4.69) is 46.5 Å². The average molecular weight is 248 g/mol. The summed E-state index contributed by atoms with van der Waals surface area (Å²) in [7, 11) is 0. The summed E-state index contributed by atoms with van der Waals surface area (Å²) in [4.78, 5) is 7.91. The maximum atomic E-state index is 5.77. The first-order chi connectivity index (χ1) is 8.24. The third-order valence-electron chi connectivity index (χ3n) is 2.44. The summed E-state index contributed by atoms with van der Waals surface area (Å²) in [5.41, 5.74) is 2.60. The Kier molecular flexibility index (Phi) is 3.94. The first-order valence-corrected chi connectivity index (χ1v) is 5.89. The molecule has 0 atom stereocenters. The van der Waals surface area contributed by atoms with Crippen LogP contribution in [-0.4, -0.2) is 16.5 Å². The van der Waals surface area contributed by atoms with Crippen molar-refractivity contribution in [3.05, 3.63) is 52.9 Å². The van der Waals surface area contributed by atoms with E-state index in [0.717, 1.165) is 18.8 Å². The van der Waals surface area contributed by atoms with Crippen LogP contribution in [0.2, 0.25) is 5.15 Å². The normalized spacial score (nSPS) is 10.2. The maximum absolute atomic E-state index is 5.77. The Morgan fingerprint density at radius 3 is 2.88 bits per heavy atom. The summed E-state index contributed by atoms with van der Waals surface area (Å²) >= 11 is 5.77. The second-order valence-electron chi connectivity index (χ2n) is 3.89. The number of halogens is 1. The summed E-state index contributed by atoms with van der Waals surface area (Å²) in [6.45, 7) is 2.93. The van der Waals surface area contributed by atoms with Crippen molar-refractivity contribution in [3.8, 4) is 0 Å². The minimum atomic E-state index is 0.457. The lowest BCUT2D eigenvalue weighted by Gasteiger charge is -2.06. The van der Waals surface area contributed by atoms with Crippen LogP contribution in [0.4, 0.5) is 5.82 Å². The molecule has 17 heavy (non-hydrogen) atoms. The fraction of sp³-hybridized carbons (Fsp3) is 0.231. The molecule has 1 N–H and O–H groups in total. The van der Waals surface area contributed by atoms with Gasteiger partial charge in [0.2, 0.25) is 0 Å². The Morgan fingerprint density at radius 2 is 2.12 bits per heavy atom. The van der Waals surface area contributed by atoms with Crippen LogP contribution in [0.3, 0.4) is 0 Å². The van der Waals surface area contributed by atoms with Gasteiger partial charge in [0.15, 0.2) is 0 Å². The molecule has 0 saturated heterocycles. The van der Waals surface area contributed by atoms with E-state index >= 15 is 0 Å². The minimum absolute atomic E-state index is 0.457. The molecule has 4 heteroatoms. The van der Waals surface area contributed by atoms with E-state index in [1.54, 1.807) is 6.07 Å². The molecule has 1 heterocycles. The first kappa shape index (κ1) is 11.9. The molecule has 88 valence electrons. The monoisotopic (exact) mass is 247 g/mol. The fourth-order valence-electron chi connectivity index (χ4n) is 1.63. The van der Waals surface area contributed by atoms with Crippen molar-refractivity contribution in [3.63, 3.8) is 0 Å². The molecular formula is C13H14ClN3. The third kappa shape index (κ3) is 3.71. The number of anilines is 1. The Bertz CT molecular complexity index is 454. The molecule has 3 nitrogen and oxygen atoms in total. The quantitative estimate of drug-likeness (QED) is 0.844. The second-order valence-corrected chi connectivity index (χ2v) is 4.28. The van der Waals surface area contributed by atoms with E-state index in [1.165, 1.54) is 17.5 Å². The van der Waals surface area contributed by atoms with E-state index in [4.69, 9.17) is 11.6 Å². The summed E-state index contributed by atoms with van der Waals surface area (Å²) in [6, 6.07) is 10.2. The van der Waals surface area contributed by atoms with Crippen LogP contribution in [0.25, 0.3) is 0 Å². The molecule has 1 aromatic heterocycles. The van der Waals surface area contributed by atoms with Crippen LogP contribution in [0.5, 0.6) is 0 Å². The molecular weight excluding hydrogens is 234 g/mol. The van der Waals surface area contributed by atoms with E-state index < -0.39 is 0 Å². The number of nitrogens with zero attached hydrogens (tertiary/aromatic N) is 2. The van der Waals surface area contributed by atoms with E-state index in [1.807, 2.05) is 0 Å². The Labute approximate surface area is 106 Å². The summed E-state index contributed by atoms with van der Waals surface area (Å²) in [6.07, 6.45) is 2.42. The largest absolute Gasteiger partial charge is 0.370 e. The second kappa shape index (κ2) is 5.64. The highest BCUT2D eigenvalue weighted by Gasteiger charge is 1.97. The number of rotatable bonds is 4. The zero-order chi connectivity index (χ0) is 12.1. The maximum Gasteiger partial charge on any atom is 0.134 e. The molecule has 0 radical (unpaired) electrons. The molecule has 0 aliphatic carbocycles. The lowest BCUT2D eigenvalue weighted by atomic mass is 10.1. The van der Waals surface area contributed by atoms with Gasteiger partial charge in [0.05, 0.1) is 0 Å². The van der Waals surface area contributed by atoms with Gasteiger partial charge in [0.1, 0.15) is 17.3 Å². The lowest BCUT2D eigenvalue weighted by Crippen LogP contribution is -2.06. The summed E-state index contributed by atoms with van der Waals surface area (Å²) < 4.78 is 0. The van der Waals surface area contributed by atoms with E-state index in [-0.39, 0.29) is 0 Å². The van der Waals surface area contributed by atoms with Gasteiger partial charge >= 0.3 is 0 Å². The van der Waals surface area contributed by atoms with Gasteiger partial charge in [-0.05, 0) is 18.9 Å². The van der Waals surface area contributed by atoms with Crippen LogP contribution in [0, 0.1) is 6.92 Å². The Morgan fingerprint density at radius 1 is 1.24 bits per heavy atom. The number of aromatic nitrogens is 2. The van der Waals surface area contributed by atoms with Crippen molar-refractivity contribution in [2.75, 3.05) is 11.9 Å². The van der Waals surface area contributed by atoms with E-state index in [0.29, 0.717) is 5.15 Å². The van der Waals surface area contributed by atoms with Crippen molar-refractivity contribution in [1.29, 1.82) is 0 Å². The predicted octanol–water partition coefficient (Wildman–Crippen LogP) is 3.09. The molecule has 0 fully saturated rings. The predicted molar refractivity (Wildman–Crippen MR) is 70.4 cm³/mol. The zero-order valence-electron chi connectivity index (χ0n) is 9.65. The highest BCUT2D eigenvalue weighted by atomic mass is 35.5. The van der Waals surface area contributed by atoms with Crippen molar-refractivity contribution >= 4 is 17.4 Å². The SMILES string of the molecule is Cc1cccc(CCNc2cc(Cl)ncn2)c1. The molecule has 0 spiro atoms. The molecule has 0 aliphatic rings. The smallest absolute Gasteiger partial charge is 0.134 e. The van der Waals surface area contributed by atoms with Crippen molar-refractivity contribution in [2.24, 2.45) is 0 Å². The lowest BCUT2D eigenvalue weighted by molar-refractivity contribution is 0.997. The van der Waals surface area contributed by atoms with Gasteiger partial charge in [-0.3, -0.25) is 0 Å². The molecule has 0 saturated carbocycles. The van der Waals surface area contributed by atoms with Crippen molar-refractivity contribution < 1.29 is 0 Å². The minimum Gasteiger partial charge on any atom is -0.370 e. The highest BCUT2D eigenvalue weighted by Crippen LogP contribution is 2.09. The molecule has 0 aliphatic heterocycles. The fourth-order valence-corrected chi connectivity index (χ4v) is 1.78. The van der Waals surface area contributed by atoms with Crippen LogP contribution in [0.15, 0.2) is 36.7 Å². The van der Waals surface area contributed by atoms with E-state index in [9.17, 15) is 0 Å². The van der Waals surface area contributed by atoms with Crippen molar-refractivity contribution in [1.82, 2.24) is 9.97 Å². The Balaban J connectivity index is 1.87. The standard InChI is InChI=1S/C13H14ClN3/c1-10-3-2-4-11(7-10)5-6-15-13-8-12(14)16-9-17-13/h2-4,7-9H,5-6H2,1H3,(H,15,16,17). The van der Waals surface area contributed by atoms with Gasteiger partial charge in [0.25, 0.3) is 0 Å². The van der Waals surface area contributed by atoms with Gasteiger partial charge in [-0.15, -0.1) is 0 Å². The number of benzene rings is 1. The van der Waals surface area contributed by atoms with Gasteiger partial charge in [0, 0.05) is 12.6 Å². The van der Waals surface area contributed by atoms with Crippen LogP contribution in [0.1, 0.15) is 11.1 Å². The number of aryl methyl sites for hydroxylation is 1. The molecule has 0 bridgehead atoms. The molecule has 0 amide bonds. The van der Waals surface area contributed by atoms with Crippen LogP contribution in [-0.2, 0) is 6.42 Å². The van der Waals surface area contributed by atoms with Gasteiger partial charge < -0.3 is 5.32 Å². The molecule has 0 unspecified atom stereocenters. The van der Waals surface area contributed by atoms with Crippen LogP contribution >= 0.6 is 11.6 Å². The molecule has 2 aromatic rings. The number of nitrogens with one attached hydrogen (secondary N) is 1. The summed E-state index contributed by atoms with van der Waals surface area (Å²) in [5, 5.41) is 3.67. The molecule has 2 rings (SSSR count). The third-order valence-corrected chi connectivity index (χ3v) is 2.64. The Hall–Kier alpha value is -1.61. The van der Waals surface area contributed by atoms with Crippen LogP contribution < -0.4 is 5.32 Å². The topological polar surface area (TPSA) is 37.8 Å². The number of hydrogen-bond donors (Lipinski definition) is 1. The highest BCUT2D eigenvalue weighted by molar-refractivity contribution is 6.29. The van der Waals surface area contributed by atoms with Gasteiger partial charge in [-0.2, -0.15) is 0 Å². The first-order valence-electron chi connectivity index (χ1n) is 5.51. The summed E-state index contributed by atoms with van der Waals surface area (Å²) in [5.74, 6) is 0.762. The molecule has 1 aromatic carbocycles. The van der Waals surface area contributed by atoms with Gasteiger partial charge in [-0.25, -0.2) is 9.97 Å². The number of hydrogen-bond acceptors (Lipinski definition) is 3.